The SMILES string of the molecule is N#Cc1cccc2c1-c1ccnn1CCCO2. The number of aryl methyl sites for hydroxylation is 1. The number of aromatic nitrogens is 2. The second-order valence-electron chi connectivity index (χ2n) is 3.93. The molecule has 0 N–H and O–H groups in total. The van der Waals surface area contributed by atoms with E-state index in [1.165, 1.54) is 0 Å². The van der Waals surface area contributed by atoms with Crippen molar-refractivity contribution >= 4 is 0 Å². The van der Waals surface area contributed by atoms with Crippen LogP contribution in [0.4, 0.5) is 0 Å². The minimum absolute atomic E-state index is 0.631. The van der Waals surface area contributed by atoms with Gasteiger partial charge in [0.05, 0.1) is 29.5 Å². The van der Waals surface area contributed by atoms with E-state index in [9.17, 15) is 5.26 Å². The summed E-state index contributed by atoms with van der Waals surface area (Å²) in [6.07, 6.45) is 2.68. The molecule has 4 nitrogen and oxygen atoms in total. The summed E-state index contributed by atoms with van der Waals surface area (Å²) in [6, 6.07) is 9.69. The summed E-state index contributed by atoms with van der Waals surface area (Å²) in [5, 5.41) is 13.5. The zero-order valence-corrected chi connectivity index (χ0v) is 9.26. The van der Waals surface area contributed by atoms with E-state index in [-0.39, 0.29) is 0 Å². The van der Waals surface area contributed by atoms with Crippen molar-refractivity contribution in [1.82, 2.24) is 9.78 Å². The molecule has 0 amide bonds. The normalized spacial score (nSPS) is 13.6. The van der Waals surface area contributed by atoms with Crippen molar-refractivity contribution in [3.63, 3.8) is 0 Å². The lowest BCUT2D eigenvalue weighted by Crippen LogP contribution is -2.11. The summed E-state index contributed by atoms with van der Waals surface area (Å²) >= 11 is 0. The van der Waals surface area contributed by atoms with E-state index >= 15 is 0 Å². The standard InChI is InChI=1S/C13H11N3O/c14-9-10-3-1-4-12-13(10)11-5-6-15-16(11)7-2-8-17-12/h1,3-6H,2,7-8H2. The van der Waals surface area contributed by atoms with Gasteiger partial charge in [0.25, 0.3) is 0 Å². The Kier molecular flexibility index (Phi) is 2.30. The second kappa shape index (κ2) is 3.95. The maximum absolute atomic E-state index is 9.18. The highest BCUT2D eigenvalue weighted by atomic mass is 16.5. The van der Waals surface area contributed by atoms with Crippen molar-refractivity contribution in [3.05, 3.63) is 36.0 Å². The van der Waals surface area contributed by atoms with Gasteiger partial charge in [0.15, 0.2) is 0 Å². The minimum Gasteiger partial charge on any atom is -0.493 e. The highest BCUT2D eigenvalue weighted by Crippen LogP contribution is 2.34. The number of nitriles is 1. The van der Waals surface area contributed by atoms with E-state index in [1.807, 2.05) is 22.9 Å². The van der Waals surface area contributed by atoms with Crippen molar-refractivity contribution in [2.75, 3.05) is 6.61 Å². The Balaban J connectivity index is 2.29. The molecule has 1 aliphatic rings. The van der Waals surface area contributed by atoms with E-state index in [0.29, 0.717) is 12.2 Å². The van der Waals surface area contributed by atoms with Crippen molar-refractivity contribution in [2.24, 2.45) is 0 Å². The van der Waals surface area contributed by atoms with Gasteiger partial charge in [0.2, 0.25) is 0 Å². The van der Waals surface area contributed by atoms with E-state index in [1.54, 1.807) is 12.3 Å². The molecule has 2 aromatic rings. The maximum atomic E-state index is 9.18. The van der Waals surface area contributed by atoms with Crippen molar-refractivity contribution in [3.8, 4) is 23.1 Å². The van der Waals surface area contributed by atoms with Crippen LogP contribution in [0.25, 0.3) is 11.3 Å². The quantitative estimate of drug-likeness (QED) is 0.690. The molecule has 0 saturated carbocycles. The summed E-state index contributed by atoms with van der Waals surface area (Å²) in [5.41, 5.74) is 2.44. The van der Waals surface area contributed by atoms with Crippen molar-refractivity contribution in [1.29, 1.82) is 5.26 Å². The molecule has 0 spiro atoms. The highest BCUT2D eigenvalue weighted by Gasteiger charge is 2.17. The summed E-state index contributed by atoms with van der Waals surface area (Å²) in [6.45, 7) is 1.47. The van der Waals surface area contributed by atoms with Crippen LogP contribution in [-0.4, -0.2) is 16.4 Å². The van der Waals surface area contributed by atoms with Crippen LogP contribution in [0.15, 0.2) is 30.5 Å². The molecule has 1 aliphatic heterocycles. The molecule has 0 fully saturated rings. The van der Waals surface area contributed by atoms with Crippen LogP contribution < -0.4 is 4.74 Å². The van der Waals surface area contributed by atoms with Gasteiger partial charge in [0, 0.05) is 19.2 Å². The molecule has 2 heterocycles. The van der Waals surface area contributed by atoms with Crippen LogP contribution in [0.1, 0.15) is 12.0 Å². The number of nitrogens with zero attached hydrogens (tertiary/aromatic N) is 3. The molecule has 0 aliphatic carbocycles. The maximum Gasteiger partial charge on any atom is 0.130 e. The number of hydrogen-bond acceptors (Lipinski definition) is 3. The topological polar surface area (TPSA) is 50.8 Å². The molecule has 0 unspecified atom stereocenters. The van der Waals surface area contributed by atoms with Gasteiger partial charge >= 0.3 is 0 Å². The second-order valence-corrected chi connectivity index (χ2v) is 3.93. The molecule has 1 aromatic heterocycles. The lowest BCUT2D eigenvalue weighted by molar-refractivity contribution is 0.295. The smallest absolute Gasteiger partial charge is 0.130 e. The molecule has 0 atom stereocenters. The summed E-state index contributed by atoms with van der Waals surface area (Å²) in [7, 11) is 0. The molecular weight excluding hydrogens is 214 g/mol. The predicted molar refractivity (Wildman–Crippen MR) is 62.5 cm³/mol. The number of rotatable bonds is 0. The molecule has 0 bridgehead atoms. The fourth-order valence-electron chi connectivity index (χ4n) is 2.13. The Hall–Kier alpha value is -2.28. The lowest BCUT2D eigenvalue weighted by atomic mass is 10.0. The molecule has 17 heavy (non-hydrogen) atoms. The first kappa shape index (κ1) is 9.91. The third kappa shape index (κ3) is 1.56. The van der Waals surface area contributed by atoms with Crippen LogP contribution in [0, 0.1) is 11.3 Å². The van der Waals surface area contributed by atoms with E-state index in [0.717, 1.165) is 30.0 Å². The fraction of sp³-hybridized carbons (Fsp3) is 0.231. The van der Waals surface area contributed by atoms with Crippen LogP contribution in [-0.2, 0) is 6.54 Å². The van der Waals surface area contributed by atoms with E-state index < -0.39 is 0 Å². The van der Waals surface area contributed by atoms with Gasteiger partial charge in [-0.05, 0) is 18.2 Å². The molecule has 1 aromatic carbocycles. The Bertz CT molecular complexity index is 595. The predicted octanol–water partition coefficient (Wildman–Crippen LogP) is 2.20. The van der Waals surface area contributed by atoms with Gasteiger partial charge in [-0.1, -0.05) is 6.07 Å². The number of fused-ring (bicyclic) bond motifs is 3. The molecule has 3 rings (SSSR count). The van der Waals surface area contributed by atoms with Gasteiger partial charge in [-0.15, -0.1) is 0 Å². The van der Waals surface area contributed by atoms with Gasteiger partial charge in [-0.3, -0.25) is 4.68 Å². The zero-order valence-electron chi connectivity index (χ0n) is 9.26. The summed E-state index contributed by atoms with van der Waals surface area (Å²) < 4.78 is 7.64. The Morgan fingerprint density at radius 2 is 2.29 bits per heavy atom. The molecule has 0 radical (unpaired) electrons. The van der Waals surface area contributed by atoms with Crippen LogP contribution >= 0.6 is 0 Å². The molecule has 4 heteroatoms. The largest absolute Gasteiger partial charge is 0.493 e. The molecular formula is C13H11N3O. The third-order valence-corrected chi connectivity index (χ3v) is 2.89. The molecule has 0 saturated heterocycles. The molecule has 84 valence electrons. The summed E-state index contributed by atoms with van der Waals surface area (Å²) in [4.78, 5) is 0. The third-order valence-electron chi connectivity index (χ3n) is 2.89. The average molecular weight is 225 g/mol. The average Bonchev–Trinajstić information content (AvgIpc) is 2.78. The lowest BCUT2D eigenvalue weighted by Gasteiger charge is -2.17. The first-order valence-electron chi connectivity index (χ1n) is 5.58. The van der Waals surface area contributed by atoms with Crippen LogP contribution in [0.3, 0.4) is 0 Å². The fourth-order valence-corrected chi connectivity index (χ4v) is 2.13. The highest BCUT2D eigenvalue weighted by molar-refractivity contribution is 5.74. The first-order valence-corrected chi connectivity index (χ1v) is 5.58. The number of ether oxygens (including phenoxy) is 1. The van der Waals surface area contributed by atoms with Gasteiger partial charge in [-0.25, -0.2) is 0 Å². The zero-order chi connectivity index (χ0) is 11.7. The van der Waals surface area contributed by atoms with Crippen LogP contribution in [0.5, 0.6) is 5.75 Å². The Morgan fingerprint density at radius 1 is 1.35 bits per heavy atom. The number of hydrogen-bond donors (Lipinski definition) is 0. The monoisotopic (exact) mass is 225 g/mol. The summed E-state index contributed by atoms with van der Waals surface area (Å²) in [5.74, 6) is 0.769. The van der Waals surface area contributed by atoms with Crippen molar-refractivity contribution < 1.29 is 4.74 Å². The Labute approximate surface area is 99.1 Å². The van der Waals surface area contributed by atoms with Crippen LogP contribution in [0.2, 0.25) is 0 Å². The van der Waals surface area contributed by atoms with Crippen molar-refractivity contribution in [2.45, 2.75) is 13.0 Å². The van der Waals surface area contributed by atoms with Gasteiger partial charge in [-0.2, -0.15) is 10.4 Å². The number of benzene rings is 1. The van der Waals surface area contributed by atoms with Gasteiger partial charge in [0.1, 0.15) is 5.75 Å². The Morgan fingerprint density at radius 3 is 3.18 bits per heavy atom. The minimum atomic E-state index is 0.631. The van der Waals surface area contributed by atoms with Gasteiger partial charge < -0.3 is 4.74 Å². The first-order chi connectivity index (χ1) is 8.40. The van der Waals surface area contributed by atoms with E-state index in [2.05, 4.69) is 11.2 Å². The van der Waals surface area contributed by atoms with E-state index in [4.69, 9.17) is 4.74 Å².